The first-order chi connectivity index (χ1) is 9.44. The maximum Gasteiger partial charge on any atom is 0.406 e. The van der Waals surface area contributed by atoms with Crippen molar-refractivity contribution in [2.75, 3.05) is 13.1 Å². The number of alkyl halides is 3. The van der Waals surface area contributed by atoms with Crippen molar-refractivity contribution in [1.82, 2.24) is 4.90 Å². The van der Waals surface area contributed by atoms with Crippen LogP contribution in [0.25, 0.3) is 0 Å². The Morgan fingerprint density at radius 1 is 1.29 bits per heavy atom. The fraction of sp³-hybridized carbons (Fsp3) is 0.364. The molecule has 0 aromatic heterocycles. The molecule has 0 unspecified atom stereocenters. The SMILES string of the molecule is CCN(CC(F)(F)F)C(=O)c1cc(Cl)cc(S(=O)(=O)Cl)c1. The molecule has 0 aliphatic heterocycles. The highest BCUT2D eigenvalue weighted by molar-refractivity contribution is 8.13. The molecular formula is C11H10Cl2F3NO3S. The topological polar surface area (TPSA) is 54.5 Å². The van der Waals surface area contributed by atoms with Gasteiger partial charge in [0, 0.05) is 27.8 Å². The van der Waals surface area contributed by atoms with Crippen LogP contribution >= 0.6 is 22.3 Å². The first kappa shape index (κ1) is 18.1. The Balaban J connectivity index is 3.20. The molecule has 118 valence electrons. The molecule has 0 fully saturated rings. The van der Waals surface area contributed by atoms with Crippen molar-refractivity contribution in [3.63, 3.8) is 0 Å². The van der Waals surface area contributed by atoms with Gasteiger partial charge in [0.2, 0.25) is 0 Å². The van der Waals surface area contributed by atoms with E-state index in [1.54, 1.807) is 0 Å². The van der Waals surface area contributed by atoms with Crippen LogP contribution in [0.1, 0.15) is 17.3 Å². The molecule has 1 amide bonds. The summed E-state index contributed by atoms with van der Waals surface area (Å²) in [5.41, 5.74) is -0.284. The fourth-order valence-corrected chi connectivity index (χ4v) is 2.66. The second-order valence-corrected chi connectivity index (χ2v) is 7.05. The summed E-state index contributed by atoms with van der Waals surface area (Å²) in [6, 6.07) is 2.96. The zero-order valence-electron chi connectivity index (χ0n) is 10.6. The first-order valence-electron chi connectivity index (χ1n) is 5.55. The zero-order valence-corrected chi connectivity index (χ0v) is 12.9. The molecule has 10 heteroatoms. The minimum Gasteiger partial charge on any atom is -0.330 e. The summed E-state index contributed by atoms with van der Waals surface area (Å²) in [5.74, 6) is -0.987. The lowest BCUT2D eigenvalue weighted by molar-refractivity contribution is -0.140. The summed E-state index contributed by atoms with van der Waals surface area (Å²) in [7, 11) is 0.982. The van der Waals surface area contributed by atoms with Gasteiger partial charge in [-0.15, -0.1) is 0 Å². The van der Waals surface area contributed by atoms with Crippen molar-refractivity contribution >= 4 is 37.2 Å². The molecule has 0 aliphatic carbocycles. The van der Waals surface area contributed by atoms with Crippen LogP contribution in [0.3, 0.4) is 0 Å². The first-order valence-corrected chi connectivity index (χ1v) is 8.24. The van der Waals surface area contributed by atoms with Gasteiger partial charge in [-0.2, -0.15) is 13.2 Å². The van der Waals surface area contributed by atoms with E-state index in [0.29, 0.717) is 4.90 Å². The van der Waals surface area contributed by atoms with E-state index < -0.39 is 32.6 Å². The van der Waals surface area contributed by atoms with E-state index in [0.717, 1.165) is 18.2 Å². The number of halogens is 5. The Labute approximate surface area is 128 Å². The van der Waals surface area contributed by atoms with E-state index in [9.17, 15) is 26.4 Å². The van der Waals surface area contributed by atoms with E-state index >= 15 is 0 Å². The van der Waals surface area contributed by atoms with Gasteiger partial charge >= 0.3 is 6.18 Å². The standard InChI is InChI=1S/C11H10Cl2F3NO3S/c1-2-17(6-11(14,15)16)10(18)7-3-8(12)5-9(4-7)21(13,19)20/h3-5H,2,6H2,1H3. The average molecular weight is 364 g/mol. The lowest BCUT2D eigenvalue weighted by atomic mass is 10.2. The minimum absolute atomic E-state index is 0.122. The maximum atomic E-state index is 12.4. The van der Waals surface area contributed by atoms with Gasteiger partial charge in [0.05, 0.1) is 4.90 Å². The number of nitrogens with zero attached hydrogens (tertiary/aromatic N) is 1. The van der Waals surface area contributed by atoms with Crippen molar-refractivity contribution in [2.24, 2.45) is 0 Å². The number of rotatable bonds is 4. The van der Waals surface area contributed by atoms with E-state index in [1.807, 2.05) is 0 Å². The zero-order chi connectivity index (χ0) is 16.4. The Morgan fingerprint density at radius 2 is 1.86 bits per heavy atom. The lowest BCUT2D eigenvalue weighted by Crippen LogP contribution is -2.38. The highest BCUT2D eigenvalue weighted by Gasteiger charge is 2.33. The van der Waals surface area contributed by atoms with Gasteiger partial charge in [0.1, 0.15) is 6.54 Å². The van der Waals surface area contributed by atoms with Gasteiger partial charge in [0.15, 0.2) is 0 Å². The highest BCUT2D eigenvalue weighted by Crippen LogP contribution is 2.24. The molecule has 0 N–H and O–H groups in total. The predicted octanol–water partition coefficient (Wildman–Crippen LogP) is 3.29. The molecule has 0 saturated heterocycles. The summed E-state index contributed by atoms with van der Waals surface area (Å²) in [6.07, 6.45) is -4.56. The molecule has 0 heterocycles. The second-order valence-electron chi connectivity index (χ2n) is 4.05. The van der Waals surface area contributed by atoms with Gasteiger partial charge in [-0.1, -0.05) is 11.6 Å². The summed E-state index contributed by atoms with van der Waals surface area (Å²) in [4.78, 5) is 12.1. The van der Waals surface area contributed by atoms with Crippen molar-refractivity contribution in [3.05, 3.63) is 28.8 Å². The largest absolute Gasteiger partial charge is 0.406 e. The van der Waals surface area contributed by atoms with Gasteiger partial charge in [-0.3, -0.25) is 4.79 Å². The molecule has 1 aromatic carbocycles. The molecule has 0 aliphatic rings. The van der Waals surface area contributed by atoms with Crippen molar-refractivity contribution in [2.45, 2.75) is 18.0 Å². The van der Waals surface area contributed by atoms with E-state index in [-0.39, 0.29) is 17.1 Å². The van der Waals surface area contributed by atoms with Crippen LogP contribution < -0.4 is 0 Å². The number of benzene rings is 1. The number of carbonyl (C=O) groups excluding carboxylic acids is 1. The molecule has 0 atom stereocenters. The summed E-state index contributed by atoms with van der Waals surface area (Å²) >= 11 is 5.67. The minimum atomic E-state index is -4.56. The van der Waals surface area contributed by atoms with Crippen LogP contribution in [0.2, 0.25) is 5.02 Å². The van der Waals surface area contributed by atoms with Crippen molar-refractivity contribution in [1.29, 1.82) is 0 Å². The molecule has 0 radical (unpaired) electrons. The van der Waals surface area contributed by atoms with Crippen LogP contribution in [0.4, 0.5) is 13.2 Å². The molecule has 21 heavy (non-hydrogen) atoms. The van der Waals surface area contributed by atoms with Crippen LogP contribution in [0.15, 0.2) is 23.1 Å². The van der Waals surface area contributed by atoms with Gasteiger partial charge < -0.3 is 4.90 Å². The van der Waals surface area contributed by atoms with Gasteiger partial charge in [-0.05, 0) is 25.1 Å². The Morgan fingerprint density at radius 3 is 2.29 bits per heavy atom. The molecule has 0 saturated carbocycles. The normalized spacial score (nSPS) is 12.3. The summed E-state index contributed by atoms with van der Waals surface area (Å²) < 4.78 is 59.6. The van der Waals surface area contributed by atoms with E-state index in [1.165, 1.54) is 6.92 Å². The van der Waals surface area contributed by atoms with Crippen LogP contribution in [-0.4, -0.2) is 38.5 Å². The van der Waals surface area contributed by atoms with Crippen LogP contribution in [0.5, 0.6) is 0 Å². The molecular weight excluding hydrogens is 354 g/mol. The monoisotopic (exact) mass is 363 g/mol. The Bertz CT molecular complexity index is 647. The van der Waals surface area contributed by atoms with Crippen molar-refractivity contribution in [3.8, 4) is 0 Å². The van der Waals surface area contributed by atoms with Crippen LogP contribution in [-0.2, 0) is 9.05 Å². The molecule has 0 bridgehead atoms. The smallest absolute Gasteiger partial charge is 0.330 e. The highest BCUT2D eigenvalue weighted by atomic mass is 35.7. The maximum absolute atomic E-state index is 12.4. The number of amides is 1. The third-order valence-electron chi connectivity index (χ3n) is 2.44. The molecule has 4 nitrogen and oxygen atoms in total. The fourth-order valence-electron chi connectivity index (χ4n) is 1.55. The Kier molecular flexibility index (Phi) is 5.51. The lowest BCUT2D eigenvalue weighted by Gasteiger charge is -2.22. The summed E-state index contributed by atoms with van der Waals surface area (Å²) in [6.45, 7) is -0.279. The third kappa shape index (κ3) is 5.37. The van der Waals surface area contributed by atoms with Gasteiger partial charge in [0.25, 0.3) is 15.0 Å². The van der Waals surface area contributed by atoms with Gasteiger partial charge in [-0.25, -0.2) is 8.42 Å². The molecule has 1 aromatic rings. The number of hydrogen-bond donors (Lipinski definition) is 0. The second kappa shape index (κ2) is 6.41. The van der Waals surface area contributed by atoms with E-state index in [4.69, 9.17) is 22.3 Å². The molecule has 0 spiro atoms. The predicted molar refractivity (Wildman–Crippen MR) is 72.1 cm³/mol. The number of carbonyl (C=O) groups is 1. The Hall–Kier alpha value is -0.990. The van der Waals surface area contributed by atoms with E-state index in [2.05, 4.69) is 0 Å². The summed E-state index contributed by atoms with van der Waals surface area (Å²) in [5, 5.41) is -0.122. The van der Waals surface area contributed by atoms with Crippen molar-refractivity contribution < 1.29 is 26.4 Å². The third-order valence-corrected chi connectivity index (χ3v) is 3.99. The number of hydrogen-bond acceptors (Lipinski definition) is 3. The quantitative estimate of drug-likeness (QED) is 0.771. The average Bonchev–Trinajstić information content (AvgIpc) is 2.32. The van der Waals surface area contributed by atoms with Crippen LogP contribution in [0, 0.1) is 0 Å². The molecule has 1 rings (SSSR count).